The van der Waals surface area contributed by atoms with Gasteiger partial charge in [0.25, 0.3) is 5.91 Å². The third-order valence-corrected chi connectivity index (χ3v) is 7.87. The SMILES string of the molecule is CCc1conc1C(=O)NC(c1nc2cc(C(COC)N3CC(C(F)(F)F)NC3=O)ccc2o1)C1CCC(F)(F)CC1. The van der Waals surface area contributed by atoms with Crippen molar-refractivity contribution >= 4 is 23.0 Å². The first-order valence-corrected chi connectivity index (χ1v) is 13.5. The van der Waals surface area contributed by atoms with Crippen molar-refractivity contribution in [2.45, 2.75) is 69.3 Å². The molecule has 3 unspecified atom stereocenters. The largest absolute Gasteiger partial charge is 0.438 e. The molecule has 228 valence electrons. The Balaban J connectivity index is 1.45. The molecule has 1 aromatic carbocycles. The summed E-state index contributed by atoms with van der Waals surface area (Å²) in [7, 11) is 1.37. The third-order valence-electron chi connectivity index (χ3n) is 7.87. The summed E-state index contributed by atoms with van der Waals surface area (Å²) in [5.41, 5.74) is 1.72. The Labute approximate surface area is 236 Å². The van der Waals surface area contributed by atoms with Crippen LogP contribution in [0.5, 0.6) is 0 Å². The second-order valence-electron chi connectivity index (χ2n) is 10.6. The van der Waals surface area contributed by atoms with Crippen molar-refractivity contribution in [1.29, 1.82) is 0 Å². The molecule has 3 amide bonds. The molecule has 1 saturated heterocycles. The molecular weight excluding hydrogens is 569 g/mol. The molecular formula is C27H30F5N5O5. The molecule has 1 aliphatic carbocycles. The number of fused-ring (bicyclic) bond motifs is 1. The number of benzene rings is 1. The van der Waals surface area contributed by atoms with E-state index in [-0.39, 0.29) is 43.9 Å². The van der Waals surface area contributed by atoms with E-state index in [1.165, 1.54) is 13.4 Å². The Kier molecular flexibility index (Phi) is 8.14. The number of amides is 3. The number of nitrogens with zero attached hydrogens (tertiary/aromatic N) is 3. The summed E-state index contributed by atoms with van der Waals surface area (Å²) in [5.74, 6) is -3.68. The van der Waals surface area contributed by atoms with Crippen molar-refractivity contribution in [2.75, 3.05) is 20.3 Å². The Bertz CT molecular complexity index is 1430. The van der Waals surface area contributed by atoms with Crippen LogP contribution >= 0.6 is 0 Å². The van der Waals surface area contributed by atoms with Crippen LogP contribution in [0.25, 0.3) is 11.1 Å². The van der Waals surface area contributed by atoms with Gasteiger partial charge in [-0.15, -0.1) is 0 Å². The van der Waals surface area contributed by atoms with Gasteiger partial charge in [-0.3, -0.25) is 4.79 Å². The second kappa shape index (κ2) is 11.5. The van der Waals surface area contributed by atoms with E-state index in [0.717, 1.165) is 4.90 Å². The minimum absolute atomic E-state index is 0.0745. The van der Waals surface area contributed by atoms with Crippen molar-refractivity contribution in [3.05, 3.63) is 47.2 Å². The van der Waals surface area contributed by atoms with Crippen molar-refractivity contribution in [3.63, 3.8) is 0 Å². The van der Waals surface area contributed by atoms with Crippen LogP contribution in [0.2, 0.25) is 0 Å². The smallest absolute Gasteiger partial charge is 0.410 e. The highest BCUT2D eigenvalue weighted by Gasteiger charge is 2.48. The molecule has 42 heavy (non-hydrogen) atoms. The number of hydrogen-bond donors (Lipinski definition) is 2. The number of rotatable bonds is 9. The maximum Gasteiger partial charge on any atom is 0.410 e. The molecule has 10 nitrogen and oxygen atoms in total. The van der Waals surface area contributed by atoms with Gasteiger partial charge >= 0.3 is 12.2 Å². The first kappa shape index (κ1) is 29.7. The Hall–Kier alpha value is -3.75. The highest BCUT2D eigenvalue weighted by molar-refractivity contribution is 5.93. The van der Waals surface area contributed by atoms with Gasteiger partial charge in [-0.25, -0.2) is 18.6 Å². The number of methoxy groups -OCH3 is 1. The number of nitrogens with one attached hydrogen (secondary N) is 2. The molecule has 3 aromatic rings. The summed E-state index contributed by atoms with van der Waals surface area (Å²) in [5, 5.41) is 8.58. The van der Waals surface area contributed by atoms with Crippen molar-refractivity contribution < 1.29 is 45.2 Å². The summed E-state index contributed by atoms with van der Waals surface area (Å²) in [6, 6.07) is 0.0987. The van der Waals surface area contributed by atoms with E-state index >= 15 is 0 Å². The molecule has 0 radical (unpaired) electrons. The minimum Gasteiger partial charge on any atom is -0.438 e. The highest BCUT2D eigenvalue weighted by Crippen LogP contribution is 2.42. The van der Waals surface area contributed by atoms with Gasteiger partial charge in [0.2, 0.25) is 11.8 Å². The van der Waals surface area contributed by atoms with Gasteiger partial charge in [0.1, 0.15) is 23.9 Å². The van der Waals surface area contributed by atoms with Gasteiger partial charge in [-0.1, -0.05) is 18.1 Å². The first-order valence-electron chi connectivity index (χ1n) is 13.5. The maximum atomic E-state index is 14.0. The number of ether oxygens (including phenoxy) is 1. The molecule has 2 fully saturated rings. The van der Waals surface area contributed by atoms with E-state index in [1.54, 1.807) is 18.2 Å². The second-order valence-corrected chi connectivity index (χ2v) is 10.6. The van der Waals surface area contributed by atoms with Gasteiger partial charge < -0.3 is 29.2 Å². The quantitative estimate of drug-likeness (QED) is 0.319. The summed E-state index contributed by atoms with van der Waals surface area (Å²) in [4.78, 5) is 31.2. The van der Waals surface area contributed by atoms with E-state index in [4.69, 9.17) is 13.7 Å². The molecule has 2 N–H and O–H groups in total. The lowest BCUT2D eigenvalue weighted by atomic mass is 9.82. The summed E-state index contributed by atoms with van der Waals surface area (Å²) in [6.07, 6.45) is -3.25. The normalized spacial score (nSPS) is 21.0. The van der Waals surface area contributed by atoms with Crippen LogP contribution in [0.3, 0.4) is 0 Å². The maximum absolute atomic E-state index is 14.0. The molecule has 1 aliphatic heterocycles. The number of aromatic nitrogens is 2. The fourth-order valence-corrected chi connectivity index (χ4v) is 5.52. The monoisotopic (exact) mass is 599 g/mol. The van der Waals surface area contributed by atoms with Gasteiger partial charge in [-0.05, 0) is 42.9 Å². The zero-order chi connectivity index (χ0) is 30.2. The van der Waals surface area contributed by atoms with Crippen molar-refractivity contribution in [1.82, 2.24) is 25.7 Å². The minimum atomic E-state index is -4.61. The van der Waals surface area contributed by atoms with Crippen LogP contribution in [-0.2, 0) is 11.2 Å². The molecule has 2 aromatic heterocycles. The fraction of sp³-hybridized carbons (Fsp3) is 0.556. The number of carbonyl (C=O) groups is 2. The molecule has 0 bridgehead atoms. The van der Waals surface area contributed by atoms with Crippen LogP contribution < -0.4 is 10.6 Å². The molecule has 0 spiro atoms. The topological polar surface area (TPSA) is 123 Å². The van der Waals surface area contributed by atoms with Crippen molar-refractivity contribution in [3.8, 4) is 0 Å². The van der Waals surface area contributed by atoms with E-state index < -0.39 is 54.6 Å². The predicted octanol–water partition coefficient (Wildman–Crippen LogP) is 5.32. The number of urea groups is 1. The van der Waals surface area contributed by atoms with Gasteiger partial charge in [-0.2, -0.15) is 13.2 Å². The molecule has 3 heterocycles. The molecule has 15 heteroatoms. The van der Waals surface area contributed by atoms with Gasteiger partial charge in [0.15, 0.2) is 11.3 Å². The fourth-order valence-electron chi connectivity index (χ4n) is 5.52. The van der Waals surface area contributed by atoms with Crippen molar-refractivity contribution in [2.24, 2.45) is 5.92 Å². The summed E-state index contributed by atoms with van der Waals surface area (Å²) < 4.78 is 84.0. The molecule has 5 rings (SSSR count). The highest BCUT2D eigenvalue weighted by atomic mass is 19.4. The van der Waals surface area contributed by atoms with Gasteiger partial charge in [0.05, 0.1) is 19.2 Å². The van der Waals surface area contributed by atoms with E-state index in [0.29, 0.717) is 28.6 Å². The molecule has 2 aliphatic rings. The number of hydrogen-bond acceptors (Lipinski definition) is 7. The van der Waals surface area contributed by atoms with E-state index in [9.17, 15) is 31.5 Å². The van der Waals surface area contributed by atoms with Gasteiger partial charge in [0, 0.05) is 25.5 Å². The lowest BCUT2D eigenvalue weighted by Gasteiger charge is -2.32. The average Bonchev–Trinajstić information content (AvgIpc) is 3.68. The van der Waals surface area contributed by atoms with Crippen LogP contribution in [-0.4, -0.2) is 65.4 Å². The standard InChI is InChI=1S/C27H30F5N5O5/c1-3-14-12-41-36-21(14)23(38)35-22(15-6-8-26(28,29)9-7-15)24-33-17-10-16(4-5-19(17)42-24)18(13-40-2)37-11-20(27(30,31)32)34-25(37)39/h4-5,10,12,15,18,20,22H,3,6-9,11,13H2,1-2H3,(H,34,39)(H,35,38). The average molecular weight is 600 g/mol. The molecule has 1 saturated carbocycles. The zero-order valence-corrected chi connectivity index (χ0v) is 22.8. The first-order chi connectivity index (χ1) is 19.9. The van der Waals surface area contributed by atoms with E-state index in [2.05, 4.69) is 15.5 Å². The van der Waals surface area contributed by atoms with E-state index in [1.807, 2.05) is 12.2 Å². The van der Waals surface area contributed by atoms with Crippen LogP contribution in [0, 0.1) is 5.92 Å². The Morgan fingerprint density at radius 2 is 2.02 bits per heavy atom. The van der Waals surface area contributed by atoms with Crippen LogP contribution in [0.15, 0.2) is 33.4 Å². The Morgan fingerprint density at radius 3 is 2.67 bits per heavy atom. The number of aryl methyl sites for hydroxylation is 1. The Morgan fingerprint density at radius 1 is 1.29 bits per heavy atom. The number of halogens is 5. The molecule has 3 atom stereocenters. The third kappa shape index (κ3) is 6.05. The lowest BCUT2D eigenvalue weighted by molar-refractivity contribution is -0.150. The predicted molar refractivity (Wildman–Crippen MR) is 137 cm³/mol. The zero-order valence-electron chi connectivity index (χ0n) is 22.8. The number of alkyl halides is 5. The number of carbonyl (C=O) groups excluding carboxylic acids is 2. The van der Waals surface area contributed by atoms with Crippen LogP contribution in [0.1, 0.15) is 72.2 Å². The van der Waals surface area contributed by atoms with Crippen LogP contribution in [0.4, 0.5) is 26.7 Å². The summed E-state index contributed by atoms with van der Waals surface area (Å²) >= 11 is 0. The lowest BCUT2D eigenvalue weighted by Crippen LogP contribution is -2.40. The number of oxazole rings is 1. The summed E-state index contributed by atoms with van der Waals surface area (Å²) in [6.45, 7) is 1.15.